The van der Waals surface area contributed by atoms with Crippen LogP contribution in [0, 0.1) is 17.6 Å². The lowest BCUT2D eigenvalue weighted by molar-refractivity contribution is -0.117. The van der Waals surface area contributed by atoms with Crippen LogP contribution >= 0.6 is 0 Å². The van der Waals surface area contributed by atoms with Crippen molar-refractivity contribution in [1.82, 2.24) is 20.3 Å². The summed E-state index contributed by atoms with van der Waals surface area (Å²) in [6.07, 6.45) is 5.59. The maximum atomic E-state index is 15.3. The number of ether oxygens (including phenoxy) is 3. The Morgan fingerprint density at radius 1 is 1.13 bits per heavy atom. The summed E-state index contributed by atoms with van der Waals surface area (Å²) in [5.41, 5.74) is -0.0641. The van der Waals surface area contributed by atoms with Gasteiger partial charge in [-0.3, -0.25) is 4.79 Å². The molecule has 1 aromatic carbocycles. The largest absolute Gasteiger partial charge is 0.494 e. The first-order valence-corrected chi connectivity index (χ1v) is 12.7. The second kappa shape index (κ2) is 11.4. The minimum atomic E-state index is -0.931. The Hall–Kier alpha value is -4.06. The van der Waals surface area contributed by atoms with Crippen LogP contribution in [0.4, 0.5) is 20.4 Å². The summed E-state index contributed by atoms with van der Waals surface area (Å²) >= 11 is 0. The summed E-state index contributed by atoms with van der Waals surface area (Å²) in [4.78, 5) is 25.4. The SMILES string of the molecule is C=CC(=O)N[C@H]1CCOC[C@H]1Nc1cc2c(NCC3CC3)nc(-c3c(F)c(OC)cc(OC)c3F)nc2cn1. The van der Waals surface area contributed by atoms with E-state index in [9.17, 15) is 4.79 Å². The van der Waals surface area contributed by atoms with E-state index in [0.29, 0.717) is 54.6 Å². The Balaban J connectivity index is 1.54. The van der Waals surface area contributed by atoms with E-state index in [2.05, 4.69) is 37.5 Å². The van der Waals surface area contributed by atoms with Gasteiger partial charge in [0, 0.05) is 24.6 Å². The quantitative estimate of drug-likeness (QED) is 0.331. The van der Waals surface area contributed by atoms with E-state index >= 15 is 8.78 Å². The van der Waals surface area contributed by atoms with Crippen LogP contribution in [-0.2, 0) is 9.53 Å². The van der Waals surface area contributed by atoms with E-state index in [4.69, 9.17) is 14.2 Å². The van der Waals surface area contributed by atoms with Gasteiger partial charge in [-0.15, -0.1) is 0 Å². The summed E-state index contributed by atoms with van der Waals surface area (Å²) in [5, 5.41) is 10.2. The molecule has 206 valence electrons. The summed E-state index contributed by atoms with van der Waals surface area (Å²) in [7, 11) is 2.57. The number of amides is 1. The summed E-state index contributed by atoms with van der Waals surface area (Å²) < 4.78 is 46.3. The first-order chi connectivity index (χ1) is 18.9. The van der Waals surface area contributed by atoms with Crippen molar-refractivity contribution in [3.05, 3.63) is 42.6 Å². The molecule has 0 radical (unpaired) electrons. The smallest absolute Gasteiger partial charge is 0.243 e. The Morgan fingerprint density at radius 3 is 2.54 bits per heavy atom. The summed E-state index contributed by atoms with van der Waals surface area (Å²) in [5.74, 6) is -1.22. The van der Waals surface area contributed by atoms with E-state index in [0.717, 1.165) is 18.9 Å². The third-order valence-electron chi connectivity index (χ3n) is 6.84. The maximum Gasteiger partial charge on any atom is 0.243 e. The van der Waals surface area contributed by atoms with Crippen LogP contribution < -0.4 is 25.4 Å². The van der Waals surface area contributed by atoms with Crippen LogP contribution in [0.2, 0.25) is 0 Å². The fourth-order valence-electron chi connectivity index (χ4n) is 4.49. The molecule has 1 saturated heterocycles. The van der Waals surface area contributed by atoms with E-state index < -0.39 is 17.2 Å². The van der Waals surface area contributed by atoms with E-state index in [1.54, 1.807) is 6.07 Å². The number of hydrogen-bond donors (Lipinski definition) is 3. The number of benzene rings is 1. The van der Waals surface area contributed by atoms with Gasteiger partial charge in [-0.2, -0.15) is 0 Å². The zero-order chi connectivity index (χ0) is 27.5. The second-order valence-electron chi connectivity index (χ2n) is 9.52. The van der Waals surface area contributed by atoms with Gasteiger partial charge >= 0.3 is 0 Å². The molecule has 12 heteroatoms. The highest BCUT2D eigenvalue weighted by atomic mass is 19.1. The molecular weight excluding hydrogens is 510 g/mol. The van der Waals surface area contributed by atoms with E-state index in [1.807, 2.05) is 0 Å². The van der Waals surface area contributed by atoms with Crippen LogP contribution in [0.5, 0.6) is 11.5 Å². The Bertz CT molecular complexity index is 1370. The van der Waals surface area contributed by atoms with Crippen molar-refractivity contribution in [2.24, 2.45) is 5.92 Å². The monoisotopic (exact) mass is 540 g/mol. The highest BCUT2D eigenvalue weighted by molar-refractivity contribution is 5.92. The van der Waals surface area contributed by atoms with Crippen molar-refractivity contribution < 1.29 is 27.8 Å². The van der Waals surface area contributed by atoms with Crippen molar-refractivity contribution in [3.8, 4) is 22.9 Å². The molecule has 1 saturated carbocycles. The minimum absolute atomic E-state index is 0.164. The molecule has 3 aromatic rings. The molecule has 3 heterocycles. The fourth-order valence-corrected chi connectivity index (χ4v) is 4.49. The fraction of sp³-hybridized carbons (Fsp3) is 0.407. The molecule has 0 unspecified atom stereocenters. The van der Waals surface area contributed by atoms with E-state index in [-0.39, 0.29) is 35.3 Å². The number of hydrogen-bond acceptors (Lipinski definition) is 9. The number of nitrogens with zero attached hydrogens (tertiary/aromatic N) is 3. The average molecular weight is 541 g/mol. The van der Waals surface area contributed by atoms with Gasteiger partial charge in [0.1, 0.15) is 11.6 Å². The van der Waals surface area contributed by atoms with Crippen molar-refractivity contribution in [2.75, 3.05) is 44.6 Å². The van der Waals surface area contributed by atoms with Gasteiger partial charge in [0.25, 0.3) is 0 Å². The molecule has 1 aliphatic heterocycles. The number of fused-ring (bicyclic) bond motifs is 1. The van der Waals surface area contributed by atoms with Gasteiger partial charge in [-0.1, -0.05) is 6.58 Å². The second-order valence-corrected chi connectivity index (χ2v) is 9.52. The normalized spacial score (nSPS) is 18.9. The average Bonchev–Trinajstić information content (AvgIpc) is 3.78. The number of aromatic nitrogens is 3. The zero-order valence-electron chi connectivity index (χ0n) is 21.7. The number of carbonyl (C=O) groups is 1. The molecule has 1 amide bonds. The Kier molecular flexibility index (Phi) is 7.73. The molecule has 2 atom stereocenters. The third kappa shape index (κ3) is 5.70. The summed E-state index contributed by atoms with van der Waals surface area (Å²) in [6, 6.07) is 2.50. The number of anilines is 2. The van der Waals surface area contributed by atoms with Crippen molar-refractivity contribution in [2.45, 2.75) is 31.3 Å². The lowest BCUT2D eigenvalue weighted by Gasteiger charge is -2.32. The van der Waals surface area contributed by atoms with Gasteiger partial charge < -0.3 is 30.2 Å². The number of rotatable bonds is 10. The van der Waals surface area contributed by atoms with Gasteiger partial charge in [0.2, 0.25) is 5.91 Å². The minimum Gasteiger partial charge on any atom is -0.494 e. The van der Waals surface area contributed by atoms with Crippen LogP contribution in [-0.4, -0.2) is 66.9 Å². The van der Waals surface area contributed by atoms with Crippen LogP contribution in [0.15, 0.2) is 31.0 Å². The standard InChI is InChI=1S/C27H30F2N6O4/c1-4-22(36)33-16-7-8-39-13-18(16)32-21-9-15-17(12-30-21)34-27(35-26(15)31-11-14-5-6-14)23-24(28)19(37-2)10-20(38-3)25(23)29/h4,9-10,12,14,16,18H,1,5-8,11,13H2,2-3H3,(H,30,32)(H,33,36)(H,31,34,35)/t16-,18+/m0/s1. The number of methoxy groups -OCH3 is 2. The highest BCUT2D eigenvalue weighted by Gasteiger charge is 2.28. The van der Waals surface area contributed by atoms with Gasteiger partial charge in [-0.25, -0.2) is 23.7 Å². The van der Waals surface area contributed by atoms with Crippen molar-refractivity contribution in [3.63, 3.8) is 0 Å². The van der Waals surface area contributed by atoms with Gasteiger partial charge in [-0.05, 0) is 37.3 Å². The molecule has 5 rings (SSSR count). The molecule has 0 bridgehead atoms. The molecular formula is C27H30F2N6O4. The number of pyridine rings is 1. The third-order valence-corrected chi connectivity index (χ3v) is 6.84. The highest BCUT2D eigenvalue weighted by Crippen LogP contribution is 2.38. The Morgan fingerprint density at radius 2 is 1.87 bits per heavy atom. The van der Waals surface area contributed by atoms with Crippen LogP contribution in [0.25, 0.3) is 22.3 Å². The molecule has 3 N–H and O–H groups in total. The summed E-state index contributed by atoms with van der Waals surface area (Å²) in [6.45, 7) is 5.08. The molecule has 2 fully saturated rings. The first kappa shape index (κ1) is 26.5. The molecule has 1 aliphatic carbocycles. The predicted molar refractivity (Wildman–Crippen MR) is 142 cm³/mol. The molecule has 2 aliphatic rings. The van der Waals surface area contributed by atoms with Gasteiger partial charge in [0.15, 0.2) is 29.0 Å². The number of nitrogens with one attached hydrogen (secondary N) is 3. The maximum absolute atomic E-state index is 15.3. The number of carbonyl (C=O) groups excluding carboxylic acids is 1. The van der Waals surface area contributed by atoms with Crippen LogP contribution in [0.3, 0.4) is 0 Å². The lowest BCUT2D eigenvalue weighted by Crippen LogP contribution is -2.52. The van der Waals surface area contributed by atoms with Crippen molar-refractivity contribution in [1.29, 1.82) is 0 Å². The van der Waals surface area contributed by atoms with Crippen molar-refractivity contribution >= 4 is 28.4 Å². The molecule has 2 aromatic heterocycles. The molecule has 10 nitrogen and oxygen atoms in total. The van der Waals surface area contributed by atoms with E-state index in [1.165, 1.54) is 26.5 Å². The number of halogens is 2. The zero-order valence-corrected chi connectivity index (χ0v) is 21.7. The molecule has 39 heavy (non-hydrogen) atoms. The topological polar surface area (TPSA) is 120 Å². The van der Waals surface area contributed by atoms with Crippen LogP contribution in [0.1, 0.15) is 19.3 Å². The lowest BCUT2D eigenvalue weighted by atomic mass is 10.0. The first-order valence-electron chi connectivity index (χ1n) is 12.7. The van der Waals surface area contributed by atoms with Gasteiger partial charge in [0.05, 0.1) is 50.2 Å². The Labute approximate surface area is 224 Å². The molecule has 0 spiro atoms. The predicted octanol–water partition coefficient (Wildman–Crippen LogP) is 3.68.